The Hall–Kier alpha value is -2.59. The molecular formula is C15H14N2O6. The number of carboxylic acid groups (broad SMARTS) is 1. The van der Waals surface area contributed by atoms with Crippen molar-refractivity contribution in [3.63, 3.8) is 0 Å². The van der Waals surface area contributed by atoms with Gasteiger partial charge in [0.25, 0.3) is 0 Å². The van der Waals surface area contributed by atoms with Gasteiger partial charge in [-0.05, 0) is 17.2 Å². The monoisotopic (exact) mass is 318 g/mol. The second-order valence-electron chi connectivity index (χ2n) is 4.68. The van der Waals surface area contributed by atoms with Gasteiger partial charge in [0.05, 0.1) is 5.57 Å². The summed E-state index contributed by atoms with van der Waals surface area (Å²) in [5.74, 6) is -1.24. The highest BCUT2D eigenvalue weighted by Crippen LogP contribution is 2.21. The standard InChI is InChI=1S/C15H14N2O6/c18-15(19)14(11-4-2-6-13(9-11)17(22)23)8-10-3-1-5-12(7-10)16(20)21/h1-9,16-17,20,22H,(H,18,19). The molecule has 2 rings (SSSR count). The van der Waals surface area contributed by atoms with Gasteiger partial charge < -0.3 is 15.5 Å². The van der Waals surface area contributed by atoms with E-state index in [-0.39, 0.29) is 22.5 Å². The van der Waals surface area contributed by atoms with Crippen LogP contribution in [0.4, 0.5) is 11.4 Å². The Balaban J connectivity index is 2.48. The van der Waals surface area contributed by atoms with Crippen LogP contribution in [0.3, 0.4) is 0 Å². The summed E-state index contributed by atoms with van der Waals surface area (Å²) < 4.78 is 0. The number of benzene rings is 2. The Morgan fingerprint density at radius 1 is 0.957 bits per heavy atom. The van der Waals surface area contributed by atoms with E-state index in [0.717, 1.165) is 0 Å². The first-order chi connectivity index (χ1) is 10.9. The van der Waals surface area contributed by atoms with Crippen molar-refractivity contribution in [1.82, 2.24) is 0 Å². The molecule has 2 aromatic rings. The number of hydrogen-bond acceptors (Lipinski definition) is 5. The first kappa shape index (κ1) is 16.8. The van der Waals surface area contributed by atoms with Gasteiger partial charge in [-0.2, -0.15) is 10.5 Å². The van der Waals surface area contributed by atoms with E-state index in [1.54, 1.807) is 6.07 Å². The third-order valence-corrected chi connectivity index (χ3v) is 3.10. The van der Waals surface area contributed by atoms with Crippen LogP contribution in [0.25, 0.3) is 11.6 Å². The van der Waals surface area contributed by atoms with E-state index >= 15 is 0 Å². The molecule has 0 heterocycles. The molecule has 0 aromatic heterocycles. The second kappa shape index (κ2) is 7.11. The Kier molecular flexibility index (Phi) is 5.19. The topological polar surface area (TPSA) is 133 Å². The van der Waals surface area contributed by atoms with Crippen LogP contribution >= 0.6 is 0 Å². The minimum absolute atomic E-state index is 0.0303. The molecule has 2 atom stereocenters. The summed E-state index contributed by atoms with van der Waals surface area (Å²) in [6.07, 6.45) is 1.30. The third-order valence-electron chi connectivity index (χ3n) is 3.10. The summed E-state index contributed by atoms with van der Waals surface area (Å²) in [5, 5.41) is 47.0. The summed E-state index contributed by atoms with van der Waals surface area (Å²) in [6, 6.07) is 11.3. The summed E-state index contributed by atoms with van der Waals surface area (Å²) in [4.78, 5) is 11.5. The van der Waals surface area contributed by atoms with Gasteiger partial charge in [0.2, 0.25) is 0 Å². The van der Waals surface area contributed by atoms with Crippen LogP contribution in [0.2, 0.25) is 0 Å². The Bertz CT molecular complexity index is 742. The number of carboxylic acids is 1. The predicted molar refractivity (Wildman–Crippen MR) is 79.9 cm³/mol. The van der Waals surface area contributed by atoms with Crippen LogP contribution in [0.5, 0.6) is 0 Å². The number of hydrogen-bond donors (Lipinski definition) is 5. The van der Waals surface area contributed by atoms with Gasteiger partial charge in [0, 0.05) is 24.3 Å². The lowest BCUT2D eigenvalue weighted by atomic mass is 10.0. The van der Waals surface area contributed by atoms with Gasteiger partial charge in [-0.1, -0.05) is 24.3 Å². The molecule has 8 nitrogen and oxygen atoms in total. The zero-order chi connectivity index (χ0) is 17.0. The zero-order valence-corrected chi connectivity index (χ0v) is 11.8. The minimum atomic E-state index is -1.24. The summed E-state index contributed by atoms with van der Waals surface area (Å²) in [6.45, 7) is 0. The largest absolute Gasteiger partial charge is 0.595 e. The van der Waals surface area contributed by atoms with E-state index in [1.165, 1.54) is 48.5 Å². The number of carbonyl (C=O) groups is 1. The third kappa shape index (κ3) is 4.20. The van der Waals surface area contributed by atoms with E-state index in [9.17, 15) is 20.3 Å². The first-order valence-electron chi connectivity index (χ1n) is 6.50. The van der Waals surface area contributed by atoms with E-state index in [2.05, 4.69) is 0 Å². The molecule has 0 radical (unpaired) electrons. The molecule has 5 N–H and O–H groups in total. The lowest BCUT2D eigenvalue weighted by molar-refractivity contribution is -0.991. The van der Waals surface area contributed by atoms with Gasteiger partial charge in [0.1, 0.15) is 0 Å². The van der Waals surface area contributed by atoms with Crippen LogP contribution in [0.15, 0.2) is 48.5 Å². The lowest BCUT2D eigenvalue weighted by Crippen LogP contribution is -2.99. The zero-order valence-electron chi connectivity index (χ0n) is 11.8. The van der Waals surface area contributed by atoms with Crippen molar-refractivity contribution in [2.75, 3.05) is 0 Å². The van der Waals surface area contributed by atoms with Crippen molar-refractivity contribution < 1.29 is 30.8 Å². The molecule has 120 valence electrons. The van der Waals surface area contributed by atoms with Gasteiger partial charge in [-0.25, -0.2) is 15.2 Å². The number of rotatable bonds is 5. The van der Waals surface area contributed by atoms with Crippen LogP contribution in [0.1, 0.15) is 11.1 Å². The van der Waals surface area contributed by atoms with Gasteiger partial charge >= 0.3 is 5.97 Å². The molecular weight excluding hydrogens is 304 g/mol. The fourth-order valence-corrected chi connectivity index (χ4v) is 2.02. The number of aliphatic carboxylic acids is 1. The summed E-state index contributed by atoms with van der Waals surface area (Å²) in [5.41, 5.74) is 0.480. The Morgan fingerprint density at radius 3 is 2.09 bits per heavy atom. The molecule has 8 heteroatoms. The van der Waals surface area contributed by atoms with Crippen LogP contribution < -0.4 is 10.5 Å². The maximum Gasteiger partial charge on any atom is 0.336 e. The van der Waals surface area contributed by atoms with Crippen molar-refractivity contribution in [2.45, 2.75) is 0 Å². The van der Waals surface area contributed by atoms with E-state index in [0.29, 0.717) is 5.56 Å². The average Bonchev–Trinajstić information content (AvgIpc) is 2.52. The van der Waals surface area contributed by atoms with Crippen molar-refractivity contribution in [1.29, 1.82) is 0 Å². The quantitative estimate of drug-likeness (QED) is 0.302. The molecule has 0 aliphatic carbocycles. The second-order valence-corrected chi connectivity index (χ2v) is 4.68. The van der Waals surface area contributed by atoms with Gasteiger partial charge in [0.15, 0.2) is 11.4 Å². The molecule has 23 heavy (non-hydrogen) atoms. The Labute approximate surface area is 130 Å². The highest BCUT2D eigenvalue weighted by atomic mass is 16.8. The molecule has 2 unspecified atom stereocenters. The maximum atomic E-state index is 11.5. The summed E-state index contributed by atoms with van der Waals surface area (Å²) in [7, 11) is 0. The van der Waals surface area contributed by atoms with E-state index in [1.807, 2.05) is 0 Å². The Morgan fingerprint density at radius 2 is 1.52 bits per heavy atom. The fourth-order valence-electron chi connectivity index (χ4n) is 2.02. The molecule has 0 aliphatic rings. The normalized spacial score (nSPS) is 14.3. The number of nitrogens with one attached hydrogen (secondary N) is 2. The smallest absolute Gasteiger partial charge is 0.336 e. The highest BCUT2D eigenvalue weighted by molar-refractivity contribution is 6.20. The number of quaternary nitrogens is 2. The molecule has 0 bridgehead atoms. The highest BCUT2D eigenvalue weighted by Gasteiger charge is 2.13. The van der Waals surface area contributed by atoms with Crippen molar-refractivity contribution >= 4 is 29.0 Å². The first-order valence-corrected chi connectivity index (χ1v) is 6.50. The minimum Gasteiger partial charge on any atom is -0.595 e. The predicted octanol–water partition coefficient (Wildman–Crippen LogP) is 0.119. The van der Waals surface area contributed by atoms with Crippen LogP contribution in [-0.2, 0) is 4.79 Å². The van der Waals surface area contributed by atoms with Crippen molar-refractivity contribution in [3.8, 4) is 0 Å². The molecule has 2 aromatic carbocycles. The molecule has 0 saturated carbocycles. The molecule has 0 aliphatic heterocycles. The van der Waals surface area contributed by atoms with Crippen LogP contribution in [0, 0.1) is 10.4 Å². The summed E-state index contributed by atoms with van der Waals surface area (Å²) >= 11 is 0. The van der Waals surface area contributed by atoms with Crippen LogP contribution in [-0.4, -0.2) is 21.5 Å². The lowest BCUT2D eigenvalue weighted by Gasteiger charge is -2.13. The fraction of sp³-hybridized carbons (Fsp3) is 0. The van der Waals surface area contributed by atoms with Gasteiger partial charge in [-0.3, -0.25) is 0 Å². The van der Waals surface area contributed by atoms with Crippen molar-refractivity contribution in [2.24, 2.45) is 0 Å². The SMILES string of the molecule is O=C(O)C(=Cc1cccc([NH+]([O-])O)c1)c1cccc([NH+]([O-])O)c1. The average molecular weight is 318 g/mol. The molecule has 0 fully saturated rings. The molecule has 0 spiro atoms. The molecule has 0 amide bonds. The van der Waals surface area contributed by atoms with E-state index in [4.69, 9.17) is 10.4 Å². The van der Waals surface area contributed by atoms with Crippen molar-refractivity contribution in [3.05, 3.63) is 70.1 Å². The van der Waals surface area contributed by atoms with E-state index < -0.39 is 16.4 Å². The molecule has 0 saturated heterocycles. The maximum absolute atomic E-state index is 11.5. The van der Waals surface area contributed by atoms with Gasteiger partial charge in [-0.15, -0.1) is 0 Å².